The van der Waals surface area contributed by atoms with Crippen LogP contribution in [0.25, 0.3) is 0 Å². The van der Waals surface area contributed by atoms with E-state index in [4.69, 9.17) is 11.6 Å². The molecule has 1 aromatic carbocycles. The predicted molar refractivity (Wildman–Crippen MR) is 91.1 cm³/mol. The summed E-state index contributed by atoms with van der Waals surface area (Å²) in [7, 11) is 0. The molecule has 1 heterocycles. The summed E-state index contributed by atoms with van der Waals surface area (Å²) in [4.78, 5) is 20.5. The van der Waals surface area contributed by atoms with Crippen LogP contribution in [0.5, 0.6) is 0 Å². The number of hydrogen-bond acceptors (Lipinski definition) is 4. The van der Waals surface area contributed by atoms with Crippen LogP contribution >= 0.6 is 11.6 Å². The standard InChI is InChI=1S/C17H19ClN4O/c18-12-6-8-14(9-7-12)21-16-10-15(19-11-20-16)17(23)22-13-4-2-1-3-5-13/h6-11,13H,1-5H2,(H,22,23)(H,19,20,21). The smallest absolute Gasteiger partial charge is 0.270 e. The number of nitrogens with zero attached hydrogens (tertiary/aromatic N) is 2. The number of amides is 1. The Morgan fingerprint density at radius 1 is 1.09 bits per heavy atom. The third-order valence-corrected chi connectivity index (χ3v) is 4.21. The molecule has 3 rings (SSSR count). The maximum atomic E-state index is 12.3. The van der Waals surface area contributed by atoms with E-state index in [9.17, 15) is 4.79 Å². The zero-order valence-electron chi connectivity index (χ0n) is 12.8. The molecule has 5 nitrogen and oxygen atoms in total. The Bertz CT molecular complexity index is 669. The molecule has 0 bridgehead atoms. The van der Waals surface area contributed by atoms with Crippen LogP contribution in [0.3, 0.4) is 0 Å². The van der Waals surface area contributed by atoms with E-state index in [1.54, 1.807) is 18.2 Å². The van der Waals surface area contributed by atoms with Crippen molar-refractivity contribution in [3.63, 3.8) is 0 Å². The highest BCUT2D eigenvalue weighted by Crippen LogP contribution is 2.19. The Hall–Kier alpha value is -2.14. The van der Waals surface area contributed by atoms with E-state index < -0.39 is 0 Å². The van der Waals surface area contributed by atoms with Gasteiger partial charge >= 0.3 is 0 Å². The predicted octanol–water partition coefficient (Wildman–Crippen LogP) is 3.94. The van der Waals surface area contributed by atoms with Crippen molar-refractivity contribution in [2.24, 2.45) is 0 Å². The Balaban J connectivity index is 1.66. The van der Waals surface area contributed by atoms with Gasteiger partial charge in [0.15, 0.2) is 0 Å². The number of halogens is 1. The van der Waals surface area contributed by atoms with Crippen LogP contribution in [0.1, 0.15) is 42.6 Å². The van der Waals surface area contributed by atoms with Gasteiger partial charge in [-0.05, 0) is 37.1 Å². The molecule has 2 N–H and O–H groups in total. The molecule has 1 saturated carbocycles. The van der Waals surface area contributed by atoms with E-state index in [1.807, 2.05) is 12.1 Å². The summed E-state index contributed by atoms with van der Waals surface area (Å²) in [6, 6.07) is 9.22. The number of carbonyl (C=O) groups is 1. The summed E-state index contributed by atoms with van der Waals surface area (Å²) in [5.74, 6) is 0.439. The van der Waals surface area contributed by atoms with Crippen LogP contribution in [-0.4, -0.2) is 21.9 Å². The second-order valence-electron chi connectivity index (χ2n) is 5.73. The molecular weight excluding hydrogens is 312 g/mol. The molecule has 0 spiro atoms. The molecule has 0 aliphatic heterocycles. The van der Waals surface area contributed by atoms with Crippen molar-refractivity contribution >= 4 is 29.0 Å². The average Bonchev–Trinajstić information content (AvgIpc) is 2.58. The fourth-order valence-corrected chi connectivity index (χ4v) is 2.86. The maximum Gasteiger partial charge on any atom is 0.270 e. The highest BCUT2D eigenvalue weighted by atomic mass is 35.5. The molecule has 23 heavy (non-hydrogen) atoms. The molecule has 1 aliphatic carbocycles. The quantitative estimate of drug-likeness (QED) is 0.891. The van der Waals surface area contributed by atoms with Crippen molar-refractivity contribution in [1.82, 2.24) is 15.3 Å². The second-order valence-corrected chi connectivity index (χ2v) is 6.17. The lowest BCUT2D eigenvalue weighted by Crippen LogP contribution is -2.36. The summed E-state index contributed by atoms with van der Waals surface area (Å²) < 4.78 is 0. The normalized spacial score (nSPS) is 15.2. The fraction of sp³-hybridized carbons (Fsp3) is 0.353. The molecule has 1 amide bonds. The monoisotopic (exact) mass is 330 g/mol. The van der Waals surface area contributed by atoms with Crippen molar-refractivity contribution < 1.29 is 4.79 Å². The molecule has 0 unspecified atom stereocenters. The van der Waals surface area contributed by atoms with Gasteiger partial charge in [-0.3, -0.25) is 4.79 Å². The summed E-state index contributed by atoms with van der Waals surface area (Å²) in [6.07, 6.45) is 7.11. The van der Waals surface area contributed by atoms with Gasteiger partial charge < -0.3 is 10.6 Å². The molecule has 0 radical (unpaired) electrons. The van der Waals surface area contributed by atoms with Crippen molar-refractivity contribution in [2.45, 2.75) is 38.1 Å². The molecule has 1 aromatic heterocycles. The molecule has 0 atom stereocenters. The number of aromatic nitrogens is 2. The molecule has 6 heteroatoms. The average molecular weight is 331 g/mol. The molecular formula is C17H19ClN4O. The Labute approximate surface area is 140 Å². The number of benzene rings is 1. The van der Waals surface area contributed by atoms with E-state index in [-0.39, 0.29) is 11.9 Å². The van der Waals surface area contributed by atoms with Crippen molar-refractivity contribution in [1.29, 1.82) is 0 Å². The van der Waals surface area contributed by atoms with Crippen LogP contribution in [0.15, 0.2) is 36.7 Å². The van der Waals surface area contributed by atoms with Gasteiger partial charge in [-0.15, -0.1) is 0 Å². The summed E-state index contributed by atoms with van der Waals surface area (Å²) in [5, 5.41) is 6.87. The zero-order chi connectivity index (χ0) is 16.1. The summed E-state index contributed by atoms with van der Waals surface area (Å²) in [6.45, 7) is 0. The van der Waals surface area contributed by atoms with Crippen molar-refractivity contribution in [3.05, 3.63) is 47.4 Å². The highest BCUT2D eigenvalue weighted by Gasteiger charge is 2.17. The number of anilines is 2. The van der Waals surface area contributed by atoms with E-state index >= 15 is 0 Å². The number of nitrogens with one attached hydrogen (secondary N) is 2. The molecule has 2 aromatic rings. The van der Waals surface area contributed by atoms with Crippen LogP contribution in [-0.2, 0) is 0 Å². The Morgan fingerprint density at radius 3 is 2.57 bits per heavy atom. The molecule has 1 fully saturated rings. The first-order chi connectivity index (χ1) is 11.2. The van der Waals surface area contributed by atoms with Crippen LogP contribution in [0.2, 0.25) is 5.02 Å². The van der Waals surface area contributed by atoms with Gasteiger partial charge in [0, 0.05) is 22.8 Å². The Morgan fingerprint density at radius 2 is 1.83 bits per heavy atom. The van der Waals surface area contributed by atoms with Gasteiger partial charge in [0.05, 0.1) is 0 Å². The molecule has 1 aliphatic rings. The van der Waals surface area contributed by atoms with Gasteiger partial charge in [-0.1, -0.05) is 30.9 Å². The van der Waals surface area contributed by atoms with E-state index in [0.717, 1.165) is 18.5 Å². The summed E-state index contributed by atoms with van der Waals surface area (Å²) in [5.41, 5.74) is 1.23. The Kier molecular flexibility index (Phi) is 5.08. The fourth-order valence-electron chi connectivity index (χ4n) is 2.74. The maximum absolute atomic E-state index is 12.3. The minimum Gasteiger partial charge on any atom is -0.348 e. The lowest BCUT2D eigenvalue weighted by atomic mass is 9.95. The van der Waals surface area contributed by atoms with E-state index in [0.29, 0.717) is 16.5 Å². The molecule has 120 valence electrons. The van der Waals surface area contributed by atoms with E-state index in [2.05, 4.69) is 20.6 Å². The number of carbonyl (C=O) groups excluding carboxylic acids is 1. The van der Waals surface area contributed by atoms with Gasteiger partial charge in [-0.25, -0.2) is 9.97 Å². The highest BCUT2D eigenvalue weighted by molar-refractivity contribution is 6.30. The third-order valence-electron chi connectivity index (χ3n) is 3.96. The first kappa shape index (κ1) is 15.7. The first-order valence-corrected chi connectivity index (χ1v) is 8.24. The second kappa shape index (κ2) is 7.42. The number of rotatable bonds is 4. The van der Waals surface area contributed by atoms with Gasteiger partial charge in [-0.2, -0.15) is 0 Å². The molecule has 0 saturated heterocycles. The topological polar surface area (TPSA) is 66.9 Å². The number of hydrogen-bond donors (Lipinski definition) is 2. The largest absolute Gasteiger partial charge is 0.348 e. The van der Waals surface area contributed by atoms with E-state index in [1.165, 1.54) is 25.6 Å². The van der Waals surface area contributed by atoms with Crippen molar-refractivity contribution in [2.75, 3.05) is 5.32 Å². The SMILES string of the molecule is O=C(NC1CCCCC1)c1cc(Nc2ccc(Cl)cc2)ncn1. The minimum atomic E-state index is -0.140. The lowest BCUT2D eigenvalue weighted by Gasteiger charge is -2.22. The third kappa shape index (κ3) is 4.42. The van der Waals surface area contributed by atoms with Crippen LogP contribution in [0.4, 0.5) is 11.5 Å². The first-order valence-electron chi connectivity index (χ1n) is 7.86. The van der Waals surface area contributed by atoms with Gasteiger partial charge in [0.2, 0.25) is 0 Å². The van der Waals surface area contributed by atoms with Crippen LogP contribution < -0.4 is 10.6 Å². The lowest BCUT2D eigenvalue weighted by molar-refractivity contribution is 0.0922. The van der Waals surface area contributed by atoms with Gasteiger partial charge in [0.25, 0.3) is 5.91 Å². The van der Waals surface area contributed by atoms with Gasteiger partial charge in [0.1, 0.15) is 17.8 Å². The minimum absolute atomic E-state index is 0.140. The van der Waals surface area contributed by atoms with Crippen LogP contribution in [0, 0.1) is 0 Å². The van der Waals surface area contributed by atoms with Crippen molar-refractivity contribution in [3.8, 4) is 0 Å². The summed E-state index contributed by atoms with van der Waals surface area (Å²) >= 11 is 5.87. The zero-order valence-corrected chi connectivity index (χ0v) is 13.5.